The molecule has 0 saturated heterocycles. The van der Waals surface area contributed by atoms with Crippen LogP contribution in [0.2, 0.25) is 0 Å². The molecule has 9 nitrogen and oxygen atoms in total. The third kappa shape index (κ3) is 15.8. The third-order valence-electron chi connectivity index (χ3n) is 5.79. The molecule has 0 heterocycles. The van der Waals surface area contributed by atoms with Crippen LogP contribution < -0.4 is 10.6 Å². The van der Waals surface area contributed by atoms with Crippen molar-refractivity contribution in [2.24, 2.45) is 5.92 Å². The molecular weight excluding hydrogens is 486 g/mol. The maximum Gasteiger partial charge on any atom is 0.333 e. The lowest BCUT2D eigenvalue weighted by Crippen LogP contribution is -2.40. The molecule has 3 N–H and O–H groups in total. The van der Waals surface area contributed by atoms with E-state index in [0.29, 0.717) is 18.0 Å². The van der Waals surface area contributed by atoms with Crippen molar-refractivity contribution in [3.8, 4) is 0 Å². The van der Waals surface area contributed by atoms with E-state index < -0.39 is 11.9 Å². The molecule has 0 bridgehead atoms. The molecule has 0 spiro atoms. The Bertz CT molecular complexity index is 898. The van der Waals surface area contributed by atoms with Crippen LogP contribution in [-0.2, 0) is 30.5 Å². The number of ether oxygens (including phenoxy) is 1. The summed E-state index contributed by atoms with van der Waals surface area (Å²) in [5.41, 5.74) is 2.47. The summed E-state index contributed by atoms with van der Waals surface area (Å²) in [7, 11) is 0. The summed E-state index contributed by atoms with van der Waals surface area (Å²) in [6, 6.07) is 8.27. The fraction of sp³-hybridized carbons (Fsp3) is 0.586. The lowest BCUT2D eigenvalue weighted by atomic mass is 9.97. The van der Waals surface area contributed by atoms with Crippen LogP contribution in [0.4, 0.5) is 0 Å². The average Bonchev–Trinajstić information content (AvgIpc) is 2.85. The van der Waals surface area contributed by atoms with Crippen LogP contribution in [0, 0.1) is 5.92 Å². The van der Waals surface area contributed by atoms with Gasteiger partial charge in [-0.25, -0.2) is 4.79 Å². The van der Waals surface area contributed by atoms with Gasteiger partial charge in [0.25, 0.3) is 0 Å². The maximum absolute atomic E-state index is 12.1. The molecule has 2 atom stereocenters. The van der Waals surface area contributed by atoms with Crippen LogP contribution in [0.3, 0.4) is 0 Å². The molecule has 0 aliphatic rings. The number of rotatable bonds is 15. The molecular formula is C29H47N3O6. The van der Waals surface area contributed by atoms with Crippen molar-refractivity contribution < 1.29 is 29.0 Å². The van der Waals surface area contributed by atoms with E-state index in [9.17, 15) is 19.2 Å². The van der Waals surface area contributed by atoms with Crippen LogP contribution in [0.15, 0.2) is 36.4 Å². The Morgan fingerprint density at radius 3 is 2.08 bits per heavy atom. The van der Waals surface area contributed by atoms with Gasteiger partial charge in [-0.2, -0.15) is 0 Å². The van der Waals surface area contributed by atoms with Crippen molar-refractivity contribution >= 4 is 23.8 Å². The zero-order chi connectivity index (χ0) is 29.3. The number of amides is 2. The van der Waals surface area contributed by atoms with E-state index in [1.54, 1.807) is 11.8 Å². The Labute approximate surface area is 228 Å². The monoisotopic (exact) mass is 533 g/mol. The Morgan fingerprint density at radius 1 is 1.00 bits per heavy atom. The van der Waals surface area contributed by atoms with Gasteiger partial charge in [-0.1, -0.05) is 58.5 Å². The van der Waals surface area contributed by atoms with E-state index in [4.69, 9.17) is 9.84 Å². The lowest BCUT2D eigenvalue weighted by Gasteiger charge is -2.20. The first-order valence-corrected chi connectivity index (χ1v) is 13.2. The van der Waals surface area contributed by atoms with Crippen molar-refractivity contribution in [3.63, 3.8) is 0 Å². The topological polar surface area (TPSA) is 125 Å². The standard InChI is InChI=1S/C21H30N2O5.C8H17NO/c1-5-16(4)18-8-6-17(7-9-18)12-23(14-20(25)26)13-19(24)22-10-11-28-21(27)15(2)3;1-5-7(4)8(10)9-6(2)3/h6-9,16H,2,5,10-14H2,1,3-4H3,(H,22,24)(H,25,26);6-7H,5H2,1-4H3,(H,9,10). The largest absolute Gasteiger partial charge is 0.480 e. The molecule has 2 unspecified atom stereocenters. The number of hydrogen-bond acceptors (Lipinski definition) is 6. The molecule has 0 saturated carbocycles. The van der Waals surface area contributed by atoms with Gasteiger partial charge in [0.1, 0.15) is 6.61 Å². The van der Waals surface area contributed by atoms with Crippen LogP contribution in [-0.4, -0.2) is 66.0 Å². The number of carbonyl (C=O) groups excluding carboxylic acids is 3. The third-order valence-corrected chi connectivity index (χ3v) is 5.79. The van der Waals surface area contributed by atoms with Crippen molar-refractivity contribution in [2.45, 2.75) is 79.8 Å². The Balaban J connectivity index is 0.00000115. The van der Waals surface area contributed by atoms with E-state index in [-0.39, 0.29) is 50.0 Å². The van der Waals surface area contributed by atoms with Crippen LogP contribution in [0.25, 0.3) is 0 Å². The first-order chi connectivity index (χ1) is 17.8. The lowest BCUT2D eigenvalue weighted by molar-refractivity contribution is -0.140. The predicted octanol–water partition coefficient (Wildman–Crippen LogP) is 3.88. The summed E-state index contributed by atoms with van der Waals surface area (Å²) in [5.74, 6) is -1.06. The van der Waals surface area contributed by atoms with E-state index >= 15 is 0 Å². The van der Waals surface area contributed by atoms with Crippen molar-refractivity contribution in [3.05, 3.63) is 47.5 Å². The molecule has 0 aromatic heterocycles. The van der Waals surface area contributed by atoms with Gasteiger partial charge in [0, 0.05) is 24.1 Å². The van der Waals surface area contributed by atoms with Gasteiger partial charge in [-0.05, 0) is 50.7 Å². The number of nitrogens with zero attached hydrogens (tertiary/aromatic N) is 1. The minimum absolute atomic E-state index is 0.0352. The summed E-state index contributed by atoms with van der Waals surface area (Å²) >= 11 is 0. The van der Waals surface area contributed by atoms with Gasteiger partial charge in [-0.3, -0.25) is 19.3 Å². The number of benzene rings is 1. The van der Waals surface area contributed by atoms with Crippen molar-refractivity contribution in [2.75, 3.05) is 26.2 Å². The summed E-state index contributed by atoms with van der Waals surface area (Å²) in [6.45, 7) is 17.4. The number of carbonyl (C=O) groups is 4. The van der Waals surface area contributed by atoms with Gasteiger partial charge < -0.3 is 20.5 Å². The number of hydrogen-bond donors (Lipinski definition) is 3. The second-order valence-corrected chi connectivity index (χ2v) is 9.83. The number of esters is 1. The smallest absolute Gasteiger partial charge is 0.333 e. The van der Waals surface area contributed by atoms with Crippen LogP contribution in [0.1, 0.15) is 78.4 Å². The van der Waals surface area contributed by atoms with E-state index in [2.05, 4.69) is 31.1 Å². The maximum atomic E-state index is 12.1. The second kappa shape index (κ2) is 19.0. The first kappa shape index (κ1) is 34.8. The number of nitrogens with one attached hydrogen (secondary N) is 2. The predicted molar refractivity (Wildman–Crippen MR) is 150 cm³/mol. The van der Waals surface area contributed by atoms with Gasteiger partial charge in [-0.15, -0.1) is 0 Å². The fourth-order valence-corrected chi connectivity index (χ4v) is 3.13. The number of aliphatic carboxylic acids is 1. The zero-order valence-electron chi connectivity index (χ0n) is 24.1. The Morgan fingerprint density at radius 2 is 1.61 bits per heavy atom. The molecule has 1 rings (SSSR count). The molecule has 214 valence electrons. The molecule has 0 fully saturated rings. The summed E-state index contributed by atoms with van der Waals surface area (Å²) in [6.07, 6.45) is 1.96. The molecule has 38 heavy (non-hydrogen) atoms. The molecule has 9 heteroatoms. The van der Waals surface area contributed by atoms with Crippen LogP contribution >= 0.6 is 0 Å². The summed E-state index contributed by atoms with van der Waals surface area (Å²) < 4.78 is 4.90. The quantitative estimate of drug-likeness (QED) is 0.177. The number of carboxylic acids is 1. The molecule has 0 aliphatic carbocycles. The van der Waals surface area contributed by atoms with Crippen molar-refractivity contribution in [1.29, 1.82) is 0 Å². The van der Waals surface area contributed by atoms with Crippen LogP contribution in [0.5, 0.6) is 0 Å². The second-order valence-electron chi connectivity index (χ2n) is 9.83. The molecule has 0 aliphatic heterocycles. The highest BCUT2D eigenvalue weighted by atomic mass is 16.5. The van der Waals surface area contributed by atoms with Gasteiger partial charge in [0.05, 0.1) is 19.6 Å². The van der Waals surface area contributed by atoms with E-state index in [0.717, 1.165) is 18.4 Å². The highest BCUT2D eigenvalue weighted by molar-refractivity contribution is 5.87. The normalized spacial score (nSPS) is 12.1. The van der Waals surface area contributed by atoms with Gasteiger partial charge in [0.15, 0.2) is 0 Å². The van der Waals surface area contributed by atoms with Gasteiger partial charge in [0.2, 0.25) is 11.8 Å². The minimum Gasteiger partial charge on any atom is -0.480 e. The summed E-state index contributed by atoms with van der Waals surface area (Å²) in [4.78, 5) is 47.1. The molecule has 0 radical (unpaired) electrons. The van der Waals surface area contributed by atoms with E-state index in [1.807, 2.05) is 52.0 Å². The van der Waals surface area contributed by atoms with E-state index in [1.165, 1.54) is 5.56 Å². The first-order valence-electron chi connectivity index (χ1n) is 13.2. The fourth-order valence-electron chi connectivity index (χ4n) is 3.13. The van der Waals surface area contributed by atoms with Crippen molar-refractivity contribution in [1.82, 2.24) is 15.5 Å². The molecule has 2 amide bonds. The molecule has 1 aromatic rings. The average molecular weight is 534 g/mol. The number of carboxylic acid groups (broad SMARTS) is 1. The minimum atomic E-state index is -1.00. The summed E-state index contributed by atoms with van der Waals surface area (Å²) in [5, 5.41) is 14.6. The van der Waals surface area contributed by atoms with Gasteiger partial charge >= 0.3 is 11.9 Å². The Hall–Kier alpha value is -3.20. The zero-order valence-corrected chi connectivity index (χ0v) is 24.1. The Kier molecular flexibility index (Phi) is 17.4. The SMILES string of the molecule is C=C(C)C(=O)OCCNC(=O)CN(CC(=O)O)Cc1ccc(C(C)CC)cc1.CCC(C)C(=O)NC(C)C. The molecule has 1 aromatic carbocycles. The highest BCUT2D eigenvalue weighted by Crippen LogP contribution is 2.19. The highest BCUT2D eigenvalue weighted by Gasteiger charge is 2.15.